The van der Waals surface area contributed by atoms with E-state index in [2.05, 4.69) is 30.2 Å². The SMILES string of the molecule is C#CCCCn1ccc(CNC(C)C)n1. The monoisotopic (exact) mass is 205 g/mol. The van der Waals surface area contributed by atoms with E-state index in [1.807, 2.05) is 16.9 Å². The molecule has 0 unspecified atom stereocenters. The molecule has 0 radical (unpaired) electrons. The first kappa shape index (κ1) is 11.8. The van der Waals surface area contributed by atoms with Crippen LogP contribution in [-0.2, 0) is 13.1 Å². The van der Waals surface area contributed by atoms with Crippen molar-refractivity contribution in [3.8, 4) is 12.3 Å². The van der Waals surface area contributed by atoms with Gasteiger partial charge in [0.05, 0.1) is 5.69 Å². The molecule has 0 aliphatic carbocycles. The van der Waals surface area contributed by atoms with Crippen molar-refractivity contribution in [1.82, 2.24) is 15.1 Å². The average Bonchev–Trinajstić information content (AvgIpc) is 2.63. The minimum atomic E-state index is 0.497. The van der Waals surface area contributed by atoms with E-state index in [1.165, 1.54) is 0 Å². The molecule has 0 spiro atoms. The van der Waals surface area contributed by atoms with Crippen molar-refractivity contribution in [2.75, 3.05) is 0 Å². The summed E-state index contributed by atoms with van der Waals surface area (Å²) in [4.78, 5) is 0. The quantitative estimate of drug-likeness (QED) is 0.567. The second kappa shape index (κ2) is 6.26. The minimum absolute atomic E-state index is 0.497. The Labute approximate surface area is 91.9 Å². The van der Waals surface area contributed by atoms with E-state index >= 15 is 0 Å². The van der Waals surface area contributed by atoms with Crippen LogP contribution in [0.5, 0.6) is 0 Å². The number of terminal acetylenes is 1. The molecule has 82 valence electrons. The summed E-state index contributed by atoms with van der Waals surface area (Å²) in [5, 5.41) is 7.77. The first-order valence-corrected chi connectivity index (χ1v) is 5.41. The number of nitrogens with zero attached hydrogens (tertiary/aromatic N) is 2. The predicted molar refractivity (Wildman–Crippen MR) is 62.3 cm³/mol. The first-order chi connectivity index (χ1) is 7.22. The lowest BCUT2D eigenvalue weighted by molar-refractivity contribution is 0.550. The summed E-state index contributed by atoms with van der Waals surface area (Å²) >= 11 is 0. The zero-order valence-corrected chi connectivity index (χ0v) is 9.53. The maximum atomic E-state index is 5.19. The Morgan fingerprint density at radius 1 is 1.60 bits per heavy atom. The van der Waals surface area contributed by atoms with Crippen molar-refractivity contribution in [1.29, 1.82) is 0 Å². The lowest BCUT2D eigenvalue weighted by atomic mass is 10.3. The molecule has 0 atom stereocenters. The number of hydrogen-bond acceptors (Lipinski definition) is 2. The van der Waals surface area contributed by atoms with Crippen molar-refractivity contribution in [2.45, 2.75) is 45.8 Å². The van der Waals surface area contributed by atoms with Crippen molar-refractivity contribution in [2.24, 2.45) is 0 Å². The van der Waals surface area contributed by atoms with Crippen LogP contribution in [-0.4, -0.2) is 15.8 Å². The molecule has 0 aromatic carbocycles. The summed E-state index contributed by atoms with van der Waals surface area (Å²) in [5.41, 5.74) is 1.09. The third kappa shape index (κ3) is 4.66. The second-order valence-electron chi connectivity index (χ2n) is 3.91. The number of hydrogen-bond donors (Lipinski definition) is 1. The molecule has 3 heteroatoms. The van der Waals surface area contributed by atoms with Crippen LogP contribution in [0.4, 0.5) is 0 Å². The highest BCUT2D eigenvalue weighted by molar-refractivity contribution is 4.98. The summed E-state index contributed by atoms with van der Waals surface area (Å²) in [5.74, 6) is 2.63. The van der Waals surface area contributed by atoms with Gasteiger partial charge in [-0.15, -0.1) is 12.3 Å². The van der Waals surface area contributed by atoms with Crippen LogP contribution in [0.25, 0.3) is 0 Å². The Bertz CT molecular complexity index is 320. The lowest BCUT2D eigenvalue weighted by Gasteiger charge is -2.05. The van der Waals surface area contributed by atoms with Gasteiger partial charge in [-0.2, -0.15) is 5.10 Å². The maximum absolute atomic E-state index is 5.19. The zero-order valence-electron chi connectivity index (χ0n) is 9.53. The molecule has 1 aromatic heterocycles. The molecule has 0 aliphatic rings. The van der Waals surface area contributed by atoms with Crippen molar-refractivity contribution in [3.05, 3.63) is 18.0 Å². The van der Waals surface area contributed by atoms with Crippen LogP contribution in [0, 0.1) is 12.3 Å². The molecule has 1 heterocycles. The fraction of sp³-hybridized carbons (Fsp3) is 0.583. The fourth-order valence-electron chi connectivity index (χ4n) is 1.27. The van der Waals surface area contributed by atoms with Gasteiger partial charge in [-0.25, -0.2) is 0 Å². The van der Waals surface area contributed by atoms with E-state index in [0.717, 1.165) is 31.6 Å². The number of unbranched alkanes of at least 4 members (excludes halogenated alkanes) is 1. The standard InChI is InChI=1S/C12H19N3/c1-4-5-6-8-15-9-7-12(14-15)10-13-11(2)3/h1,7,9,11,13H,5-6,8,10H2,2-3H3. The maximum Gasteiger partial charge on any atom is 0.0762 e. The van der Waals surface area contributed by atoms with Gasteiger partial charge in [-0.05, 0) is 12.5 Å². The number of aromatic nitrogens is 2. The largest absolute Gasteiger partial charge is 0.309 e. The van der Waals surface area contributed by atoms with E-state index in [0.29, 0.717) is 6.04 Å². The van der Waals surface area contributed by atoms with Crippen LogP contribution < -0.4 is 5.32 Å². The van der Waals surface area contributed by atoms with E-state index in [-0.39, 0.29) is 0 Å². The molecule has 3 nitrogen and oxygen atoms in total. The van der Waals surface area contributed by atoms with Crippen LogP contribution in [0.15, 0.2) is 12.3 Å². The Balaban J connectivity index is 2.32. The van der Waals surface area contributed by atoms with Crippen LogP contribution in [0.3, 0.4) is 0 Å². The van der Waals surface area contributed by atoms with Crippen molar-refractivity contribution in [3.63, 3.8) is 0 Å². The molecule has 1 rings (SSSR count). The molecule has 0 amide bonds. The number of nitrogens with one attached hydrogen (secondary N) is 1. The molecule has 0 saturated heterocycles. The summed E-state index contributed by atoms with van der Waals surface area (Å²) < 4.78 is 1.95. The second-order valence-corrected chi connectivity index (χ2v) is 3.91. The average molecular weight is 205 g/mol. The highest BCUT2D eigenvalue weighted by atomic mass is 15.3. The van der Waals surface area contributed by atoms with Gasteiger partial charge in [0.15, 0.2) is 0 Å². The van der Waals surface area contributed by atoms with Gasteiger partial charge in [0.1, 0.15) is 0 Å². The predicted octanol–water partition coefficient (Wildman–Crippen LogP) is 1.79. The molecule has 0 bridgehead atoms. The summed E-state index contributed by atoms with van der Waals surface area (Å²) in [6.45, 7) is 6.00. The van der Waals surface area contributed by atoms with Crippen LogP contribution >= 0.6 is 0 Å². The van der Waals surface area contributed by atoms with Gasteiger partial charge in [-0.1, -0.05) is 13.8 Å². The Kier molecular flexibility index (Phi) is 4.92. The minimum Gasteiger partial charge on any atom is -0.309 e. The normalized spacial score (nSPS) is 10.5. The summed E-state index contributed by atoms with van der Waals surface area (Å²) in [6, 6.07) is 2.54. The smallest absolute Gasteiger partial charge is 0.0762 e. The number of aryl methyl sites for hydroxylation is 1. The highest BCUT2D eigenvalue weighted by Gasteiger charge is 1.99. The Morgan fingerprint density at radius 2 is 2.40 bits per heavy atom. The van der Waals surface area contributed by atoms with Gasteiger partial charge >= 0.3 is 0 Å². The lowest BCUT2D eigenvalue weighted by Crippen LogP contribution is -2.22. The fourth-order valence-corrected chi connectivity index (χ4v) is 1.27. The van der Waals surface area contributed by atoms with E-state index in [9.17, 15) is 0 Å². The van der Waals surface area contributed by atoms with E-state index in [1.54, 1.807) is 0 Å². The molecule has 1 aromatic rings. The zero-order chi connectivity index (χ0) is 11.1. The topological polar surface area (TPSA) is 29.9 Å². The number of rotatable bonds is 6. The third-order valence-corrected chi connectivity index (χ3v) is 2.10. The molecule has 0 saturated carbocycles. The Morgan fingerprint density at radius 3 is 3.07 bits per heavy atom. The van der Waals surface area contributed by atoms with E-state index in [4.69, 9.17) is 6.42 Å². The van der Waals surface area contributed by atoms with Gasteiger partial charge in [0, 0.05) is 31.7 Å². The van der Waals surface area contributed by atoms with Crippen LogP contribution in [0.2, 0.25) is 0 Å². The summed E-state index contributed by atoms with van der Waals surface area (Å²) in [6.07, 6.45) is 9.01. The van der Waals surface area contributed by atoms with Gasteiger partial charge in [0.25, 0.3) is 0 Å². The molecular formula is C12H19N3. The molecule has 15 heavy (non-hydrogen) atoms. The molecule has 0 fully saturated rings. The van der Waals surface area contributed by atoms with Gasteiger partial charge in [0.2, 0.25) is 0 Å². The molecule has 1 N–H and O–H groups in total. The van der Waals surface area contributed by atoms with Crippen molar-refractivity contribution < 1.29 is 0 Å². The summed E-state index contributed by atoms with van der Waals surface area (Å²) in [7, 11) is 0. The highest BCUT2D eigenvalue weighted by Crippen LogP contribution is 1.98. The first-order valence-electron chi connectivity index (χ1n) is 5.41. The Hall–Kier alpha value is -1.27. The van der Waals surface area contributed by atoms with E-state index < -0.39 is 0 Å². The molecule has 0 aliphatic heterocycles. The molecular weight excluding hydrogens is 186 g/mol. The van der Waals surface area contributed by atoms with Gasteiger partial charge in [-0.3, -0.25) is 4.68 Å². The van der Waals surface area contributed by atoms with Crippen molar-refractivity contribution >= 4 is 0 Å². The van der Waals surface area contributed by atoms with Gasteiger partial charge < -0.3 is 5.32 Å². The third-order valence-electron chi connectivity index (χ3n) is 2.10. The van der Waals surface area contributed by atoms with Crippen LogP contribution in [0.1, 0.15) is 32.4 Å².